The van der Waals surface area contributed by atoms with Crippen LogP contribution < -0.4 is 14.4 Å². The third kappa shape index (κ3) is 3.21. The Morgan fingerprint density at radius 3 is 2.33 bits per heavy atom. The predicted molar refractivity (Wildman–Crippen MR) is 106 cm³/mol. The topological polar surface area (TPSA) is 55.8 Å². The molecule has 0 aliphatic carbocycles. The summed E-state index contributed by atoms with van der Waals surface area (Å²) in [6, 6.07) is 14.5. The van der Waals surface area contributed by atoms with Gasteiger partial charge in [0.1, 0.15) is 13.2 Å². The van der Waals surface area contributed by atoms with Crippen LogP contribution in [0.15, 0.2) is 53.4 Å². The zero-order valence-corrected chi connectivity index (χ0v) is 15.9. The molecule has 0 aromatic heterocycles. The number of hydrogen-bond acceptors (Lipinski definition) is 5. The van der Waals surface area contributed by atoms with Gasteiger partial charge in [-0.1, -0.05) is 44.2 Å². The van der Waals surface area contributed by atoms with E-state index in [-0.39, 0.29) is 17.1 Å². The van der Waals surface area contributed by atoms with E-state index in [0.29, 0.717) is 40.9 Å². The Balaban J connectivity index is 1.77. The lowest BCUT2D eigenvalue weighted by atomic mass is 10.1. The van der Waals surface area contributed by atoms with Crippen molar-refractivity contribution >= 4 is 34.8 Å². The largest absolute Gasteiger partial charge is 0.486 e. The molecule has 27 heavy (non-hydrogen) atoms. The van der Waals surface area contributed by atoms with Crippen molar-refractivity contribution in [3.8, 4) is 11.5 Å². The van der Waals surface area contributed by atoms with Gasteiger partial charge in [-0.3, -0.25) is 9.59 Å². The smallest absolute Gasteiger partial charge is 0.272 e. The summed E-state index contributed by atoms with van der Waals surface area (Å²) in [5.41, 5.74) is 1.69. The highest BCUT2D eigenvalue weighted by atomic mass is 32.2. The minimum atomic E-state index is -0.314. The summed E-state index contributed by atoms with van der Waals surface area (Å²) in [5, 5.41) is 0.177. The van der Waals surface area contributed by atoms with Gasteiger partial charge in [0.05, 0.1) is 16.2 Å². The van der Waals surface area contributed by atoms with Crippen LogP contribution in [0.1, 0.15) is 19.4 Å². The number of carbonyl (C=O) groups is 2. The number of carbonyl (C=O) groups excluding carboxylic acids is 2. The molecular formula is C21H19NO4S. The Labute approximate surface area is 162 Å². The standard InChI is InChI=1S/C21H19NO4S/c1-13(2)27-19-18(14-6-4-3-5-7-14)20(23)22(21(19)24)15-8-9-16-17(12-15)26-11-10-25-16/h3-9,12-13H,10-11H2,1-2H3. The van der Waals surface area contributed by atoms with Crippen LogP contribution in [0.2, 0.25) is 0 Å². The molecular weight excluding hydrogens is 362 g/mol. The van der Waals surface area contributed by atoms with E-state index in [1.807, 2.05) is 44.2 Å². The van der Waals surface area contributed by atoms with Crippen LogP contribution in [-0.2, 0) is 9.59 Å². The van der Waals surface area contributed by atoms with Crippen molar-refractivity contribution in [2.24, 2.45) is 0 Å². The van der Waals surface area contributed by atoms with Crippen LogP contribution in [0.5, 0.6) is 11.5 Å². The molecule has 0 spiro atoms. The molecule has 0 N–H and O–H groups in total. The van der Waals surface area contributed by atoms with Crippen LogP contribution in [0.25, 0.3) is 5.57 Å². The SMILES string of the molecule is CC(C)SC1=C(c2ccccc2)C(=O)N(c2ccc3c(c2)OCCO3)C1=O. The highest BCUT2D eigenvalue weighted by molar-refractivity contribution is 8.04. The average molecular weight is 381 g/mol. The number of rotatable bonds is 4. The second-order valence-electron chi connectivity index (χ2n) is 6.51. The molecule has 2 aromatic rings. The van der Waals surface area contributed by atoms with Gasteiger partial charge in [-0.2, -0.15) is 0 Å². The Morgan fingerprint density at radius 2 is 1.63 bits per heavy atom. The van der Waals surface area contributed by atoms with Crippen LogP contribution in [0.4, 0.5) is 5.69 Å². The van der Waals surface area contributed by atoms with E-state index in [1.165, 1.54) is 16.7 Å². The molecule has 0 saturated carbocycles. The van der Waals surface area contributed by atoms with Gasteiger partial charge in [0.25, 0.3) is 11.8 Å². The van der Waals surface area contributed by atoms with Gasteiger partial charge in [0, 0.05) is 11.3 Å². The Kier molecular flexibility index (Phi) is 4.66. The molecule has 0 fully saturated rings. The molecule has 2 aliphatic rings. The van der Waals surface area contributed by atoms with Gasteiger partial charge >= 0.3 is 0 Å². The number of imide groups is 1. The molecule has 2 amide bonds. The van der Waals surface area contributed by atoms with E-state index in [4.69, 9.17) is 9.47 Å². The van der Waals surface area contributed by atoms with Crippen molar-refractivity contribution in [2.75, 3.05) is 18.1 Å². The average Bonchev–Trinajstić information content (AvgIpc) is 2.91. The van der Waals surface area contributed by atoms with Crippen molar-refractivity contribution < 1.29 is 19.1 Å². The minimum Gasteiger partial charge on any atom is -0.486 e. The summed E-state index contributed by atoms with van der Waals surface area (Å²) in [6.45, 7) is 4.94. The molecule has 6 heteroatoms. The van der Waals surface area contributed by atoms with Crippen LogP contribution in [0, 0.1) is 0 Å². The van der Waals surface area contributed by atoms with Crippen molar-refractivity contribution in [3.05, 3.63) is 59.0 Å². The molecule has 5 nitrogen and oxygen atoms in total. The normalized spacial score (nSPS) is 16.5. The minimum absolute atomic E-state index is 0.177. The maximum Gasteiger partial charge on any atom is 0.272 e. The molecule has 0 atom stereocenters. The van der Waals surface area contributed by atoms with E-state index >= 15 is 0 Å². The fourth-order valence-electron chi connectivity index (χ4n) is 3.12. The first-order valence-corrected chi connectivity index (χ1v) is 9.69. The summed E-state index contributed by atoms with van der Waals surface area (Å²) in [5.74, 6) is 0.558. The molecule has 138 valence electrons. The van der Waals surface area contributed by atoms with Crippen LogP contribution in [0.3, 0.4) is 0 Å². The van der Waals surface area contributed by atoms with Gasteiger partial charge in [-0.15, -0.1) is 11.8 Å². The first kappa shape index (κ1) is 17.7. The second kappa shape index (κ2) is 7.12. The van der Waals surface area contributed by atoms with Crippen molar-refractivity contribution in [1.82, 2.24) is 0 Å². The summed E-state index contributed by atoms with van der Waals surface area (Å²) in [4.78, 5) is 28.1. The van der Waals surface area contributed by atoms with Crippen molar-refractivity contribution in [3.63, 3.8) is 0 Å². The monoisotopic (exact) mass is 381 g/mol. The summed E-state index contributed by atoms with van der Waals surface area (Å²) in [7, 11) is 0. The quantitative estimate of drug-likeness (QED) is 0.752. The fraction of sp³-hybridized carbons (Fsp3) is 0.238. The number of hydrogen-bond donors (Lipinski definition) is 0. The zero-order valence-electron chi connectivity index (χ0n) is 15.1. The predicted octanol–water partition coefficient (Wildman–Crippen LogP) is 3.88. The van der Waals surface area contributed by atoms with Crippen LogP contribution >= 0.6 is 11.8 Å². The second-order valence-corrected chi connectivity index (χ2v) is 8.10. The van der Waals surface area contributed by atoms with Gasteiger partial charge in [0.15, 0.2) is 11.5 Å². The van der Waals surface area contributed by atoms with Crippen molar-refractivity contribution in [1.29, 1.82) is 0 Å². The molecule has 0 bridgehead atoms. The van der Waals surface area contributed by atoms with E-state index in [2.05, 4.69) is 0 Å². The molecule has 0 saturated heterocycles. The maximum absolute atomic E-state index is 13.2. The van der Waals surface area contributed by atoms with Gasteiger partial charge in [-0.05, 0) is 17.7 Å². The molecule has 2 heterocycles. The van der Waals surface area contributed by atoms with E-state index in [1.54, 1.807) is 18.2 Å². The Bertz CT molecular complexity index is 936. The van der Waals surface area contributed by atoms with Crippen molar-refractivity contribution in [2.45, 2.75) is 19.1 Å². The highest BCUT2D eigenvalue weighted by Crippen LogP contribution is 2.42. The first-order chi connectivity index (χ1) is 13.1. The highest BCUT2D eigenvalue weighted by Gasteiger charge is 2.40. The number of nitrogens with zero attached hydrogens (tertiary/aromatic N) is 1. The molecule has 2 aromatic carbocycles. The molecule has 0 unspecified atom stereocenters. The number of thioether (sulfide) groups is 1. The number of ether oxygens (including phenoxy) is 2. The number of amides is 2. The lowest BCUT2D eigenvalue weighted by Crippen LogP contribution is -2.31. The molecule has 0 radical (unpaired) electrons. The summed E-state index contributed by atoms with van der Waals surface area (Å²) >= 11 is 1.42. The van der Waals surface area contributed by atoms with E-state index in [9.17, 15) is 9.59 Å². The first-order valence-electron chi connectivity index (χ1n) is 8.81. The molecule has 2 aliphatic heterocycles. The number of benzene rings is 2. The maximum atomic E-state index is 13.2. The van der Waals surface area contributed by atoms with Gasteiger partial charge in [-0.25, -0.2) is 4.90 Å². The fourth-order valence-corrected chi connectivity index (χ4v) is 4.11. The van der Waals surface area contributed by atoms with Gasteiger partial charge < -0.3 is 9.47 Å². The number of anilines is 1. The zero-order chi connectivity index (χ0) is 19.0. The summed E-state index contributed by atoms with van der Waals surface area (Å²) in [6.07, 6.45) is 0. The number of fused-ring (bicyclic) bond motifs is 1. The van der Waals surface area contributed by atoms with Gasteiger partial charge in [0.2, 0.25) is 0 Å². The van der Waals surface area contributed by atoms with E-state index in [0.717, 1.165) is 5.56 Å². The Hall–Kier alpha value is -2.73. The molecule has 4 rings (SSSR count). The third-order valence-corrected chi connectivity index (χ3v) is 5.33. The lowest BCUT2D eigenvalue weighted by Gasteiger charge is -2.21. The Morgan fingerprint density at radius 1 is 0.926 bits per heavy atom. The lowest BCUT2D eigenvalue weighted by molar-refractivity contribution is -0.119. The summed E-state index contributed by atoms with van der Waals surface area (Å²) < 4.78 is 11.1. The van der Waals surface area contributed by atoms with Crippen LogP contribution in [-0.4, -0.2) is 30.3 Å². The third-order valence-electron chi connectivity index (χ3n) is 4.24. The van der Waals surface area contributed by atoms with E-state index < -0.39 is 0 Å².